The second-order valence-corrected chi connectivity index (χ2v) is 10.2. The fraction of sp³-hybridized carbons (Fsp3) is 0.481. The number of rotatable bonds is 19. The highest BCUT2D eigenvalue weighted by Gasteiger charge is 2.33. The number of amides is 4. The van der Waals surface area contributed by atoms with Crippen molar-refractivity contribution in [3.05, 3.63) is 35.9 Å². The van der Waals surface area contributed by atoms with Gasteiger partial charge in [-0.3, -0.25) is 33.6 Å². The summed E-state index contributed by atoms with van der Waals surface area (Å²) in [5.41, 5.74) is 6.08. The molecule has 10 N–H and O–H groups in total. The average Bonchev–Trinajstić information content (AvgIpc) is 2.92. The zero-order chi connectivity index (χ0) is 33.6. The number of carbonyl (C=O) groups excluding carboxylic acids is 4. The molecule has 0 aliphatic rings. The van der Waals surface area contributed by atoms with E-state index in [4.69, 9.17) is 15.9 Å². The van der Waals surface area contributed by atoms with Crippen LogP contribution in [0.25, 0.3) is 0 Å². The summed E-state index contributed by atoms with van der Waals surface area (Å²) in [6, 6.07) is 0.467. The lowest BCUT2D eigenvalue weighted by molar-refractivity contribution is -0.147. The molecule has 0 aliphatic heterocycles. The molecular weight excluding hydrogens is 586 g/mol. The van der Waals surface area contributed by atoms with Crippen molar-refractivity contribution >= 4 is 47.5 Å². The van der Waals surface area contributed by atoms with E-state index in [-0.39, 0.29) is 6.42 Å². The van der Waals surface area contributed by atoms with E-state index in [2.05, 4.69) is 21.3 Å². The first-order chi connectivity index (χ1) is 20.5. The molecule has 17 heteroatoms. The third-order valence-corrected chi connectivity index (χ3v) is 6.17. The molecule has 0 heterocycles. The van der Waals surface area contributed by atoms with Gasteiger partial charge in [0.15, 0.2) is 0 Å². The quantitative estimate of drug-likeness (QED) is 0.0811. The number of hydrogen-bond acceptors (Lipinski definition) is 9. The minimum Gasteiger partial charge on any atom is -0.481 e. The second kappa shape index (κ2) is 17.8. The van der Waals surface area contributed by atoms with Gasteiger partial charge in [-0.15, -0.1) is 0 Å². The fourth-order valence-corrected chi connectivity index (χ4v) is 3.85. The minimum absolute atomic E-state index is 0.191. The number of carboxylic acid groups (broad SMARTS) is 4. The SMILES string of the molecule is CC(C)C(NC(=O)C(N)CC(=O)O)C(=O)NC(CCC(=O)O)C(=O)NC(Cc1ccccc1)C(=O)NC(CC(=O)O)C(=O)O. The normalized spacial score (nSPS) is 14.2. The van der Waals surface area contributed by atoms with Crippen molar-refractivity contribution in [2.75, 3.05) is 0 Å². The summed E-state index contributed by atoms with van der Waals surface area (Å²) in [4.78, 5) is 96.7. The molecule has 5 unspecified atom stereocenters. The molecule has 0 radical (unpaired) electrons. The first kappa shape index (κ1) is 37.0. The largest absolute Gasteiger partial charge is 0.481 e. The van der Waals surface area contributed by atoms with Crippen molar-refractivity contribution in [1.29, 1.82) is 0 Å². The van der Waals surface area contributed by atoms with Crippen LogP contribution in [0.2, 0.25) is 0 Å². The summed E-state index contributed by atoms with van der Waals surface area (Å²) in [7, 11) is 0. The molecule has 0 saturated heterocycles. The van der Waals surface area contributed by atoms with Gasteiger partial charge < -0.3 is 47.4 Å². The summed E-state index contributed by atoms with van der Waals surface area (Å²) in [6.45, 7) is 3.07. The van der Waals surface area contributed by atoms with Gasteiger partial charge in [0, 0.05) is 12.8 Å². The fourth-order valence-electron chi connectivity index (χ4n) is 3.85. The van der Waals surface area contributed by atoms with Crippen LogP contribution in [0.5, 0.6) is 0 Å². The molecule has 4 amide bonds. The number of nitrogens with two attached hydrogens (primary N) is 1. The van der Waals surface area contributed by atoms with Gasteiger partial charge in [0.25, 0.3) is 0 Å². The topological polar surface area (TPSA) is 292 Å². The zero-order valence-electron chi connectivity index (χ0n) is 24.0. The predicted molar refractivity (Wildman–Crippen MR) is 150 cm³/mol. The van der Waals surface area contributed by atoms with Crippen LogP contribution in [0, 0.1) is 5.92 Å². The average molecular weight is 624 g/mol. The molecule has 1 aromatic carbocycles. The van der Waals surface area contributed by atoms with Gasteiger partial charge in [0.05, 0.1) is 18.9 Å². The monoisotopic (exact) mass is 623 g/mol. The van der Waals surface area contributed by atoms with E-state index >= 15 is 0 Å². The molecule has 1 rings (SSSR count). The van der Waals surface area contributed by atoms with Crippen molar-refractivity contribution in [3.8, 4) is 0 Å². The van der Waals surface area contributed by atoms with Crippen LogP contribution in [-0.4, -0.2) is 98.1 Å². The van der Waals surface area contributed by atoms with E-state index in [0.717, 1.165) is 0 Å². The maximum Gasteiger partial charge on any atom is 0.326 e. The number of benzene rings is 1. The minimum atomic E-state index is -1.83. The number of carboxylic acids is 4. The van der Waals surface area contributed by atoms with E-state index in [0.29, 0.717) is 5.56 Å². The van der Waals surface area contributed by atoms with E-state index in [1.165, 1.54) is 13.8 Å². The van der Waals surface area contributed by atoms with Crippen molar-refractivity contribution in [2.45, 2.75) is 76.2 Å². The predicted octanol–water partition coefficient (Wildman–Crippen LogP) is -1.95. The Bertz CT molecular complexity index is 1220. The highest BCUT2D eigenvalue weighted by Crippen LogP contribution is 2.09. The highest BCUT2D eigenvalue weighted by atomic mass is 16.4. The van der Waals surface area contributed by atoms with Crippen molar-refractivity contribution in [1.82, 2.24) is 21.3 Å². The van der Waals surface area contributed by atoms with E-state index < -0.39 is 109 Å². The van der Waals surface area contributed by atoms with Gasteiger partial charge in [-0.05, 0) is 17.9 Å². The van der Waals surface area contributed by atoms with E-state index in [1.807, 2.05) is 0 Å². The first-order valence-corrected chi connectivity index (χ1v) is 13.4. The zero-order valence-corrected chi connectivity index (χ0v) is 24.0. The number of carbonyl (C=O) groups is 8. The van der Waals surface area contributed by atoms with Crippen LogP contribution in [0.1, 0.15) is 45.1 Å². The lowest BCUT2D eigenvalue weighted by Crippen LogP contribution is -2.59. The van der Waals surface area contributed by atoms with E-state index in [9.17, 15) is 48.6 Å². The van der Waals surface area contributed by atoms with Crippen molar-refractivity contribution in [2.24, 2.45) is 11.7 Å². The van der Waals surface area contributed by atoms with Crippen LogP contribution in [0.15, 0.2) is 30.3 Å². The van der Waals surface area contributed by atoms with Crippen LogP contribution < -0.4 is 27.0 Å². The standard InChI is InChI=1S/C27H37N5O12/c1-13(2)22(32-23(39)15(28)11-20(35)36)26(42)29-16(8-9-19(33)34)24(40)30-17(10-14-6-4-3-5-7-14)25(41)31-18(27(43)44)12-21(37)38/h3-7,13,15-18,22H,8-12,28H2,1-2H3,(H,29,42)(H,30,40)(H,31,41)(H,32,39)(H,33,34)(H,35,36)(H,37,38)(H,43,44). The Morgan fingerprint density at radius 3 is 1.68 bits per heavy atom. The van der Waals surface area contributed by atoms with Crippen LogP contribution in [0.4, 0.5) is 0 Å². The molecule has 0 bridgehead atoms. The van der Waals surface area contributed by atoms with Crippen LogP contribution in [0.3, 0.4) is 0 Å². The molecule has 0 saturated carbocycles. The third kappa shape index (κ3) is 13.3. The maximum atomic E-state index is 13.4. The Balaban J connectivity index is 3.26. The number of hydrogen-bond donors (Lipinski definition) is 9. The molecule has 0 fully saturated rings. The molecule has 0 aromatic heterocycles. The molecule has 17 nitrogen and oxygen atoms in total. The number of nitrogens with one attached hydrogen (secondary N) is 4. The highest BCUT2D eigenvalue weighted by molar-refractivity contribution is 5.96. The van der Waals surface area contributed by atoms with Gasteiger partial charge in [-0.1, -0.05) is 44.2 Å². The van der Waals surface area contributed by atoms with Crippen molar-refractivity contribution < 1.29 is 58.8 Å². The first-order valence-electron chi connectivity index (χ1n) is 13.4. The summed E-state index contributed by atoms with van der Waals surface area (Å²) in [5.74, 6) is -10.4. The summed E-state index contributed by atoms with van der Waals surface area (Å²) in [5, 5.41) is 45.5. The summed E-state index contributed by atoms with van der Waals surface area (Å²) in [6.07, 6.45) is -2.93. The Morgan fingerprint density at radius 1 is 0.659 bits per heavy atom. The molecular formula is C27H37N5O12. The lowest BCUT2D eigenvalue weighted by Gasteiger charge is -2.27. The molecule has 1 aromatic rings. The van der Waals surface area contributed by atoms with E-state index in [1.54, 1.807) is 30.3 Å². The Labute approximate surface area is 251 Å². The van der Waals surface area contributed by atoms with Crippen molar-refractivity contribution in [3.63, 3.8) is 0 Å². The lowest BCUT2D eigenvalue weighted by atomic mass is 10.0. The molecule has 242 valence electrons. The van der Waals surface area contributed by atoms with Crippen LogP contribution >= 0.6 is 0 Å². The molecule has 0 spiro atoms. The van der Waals surface area contributed by atoms with Gasteiger partial charge in [0.2, 0.25) is 23.6 Å². The maximum absolute atomic E-state index is 13.4. The van der Waals surface area contributed by atoms with Crippen LogP contribution in [-0.2, 0) is 44.8 Å². The summed E-state index contributed by atoms with van der Waals surface area (Å²) >= 11 is 0. The summed E-state index contributed by atoms with van der Waals surface area (Å²) < 4.78 is 0. The molecule has 0 aliphatic carbocycles. The molecule has 5 atom stereocenters. The Hall–Kier alpha value is -5.06. The molecule has 44 heavy (non-hydrogen) atoms. The van der Waals surface area contributed by atoms with Gasteiger partial charge in [-0.2, -0.15) is 0 Å². The van der Waals surface area contributed by atoms with Gasteiger partial charge in [-0.25, -0.2) is 4.79 Å². The third-order valence-electron chi connectivity index (χ3n) is 6.17. The smallest absolute Gasteiger partial charge is 0.326 e. The Morgan fingerprint density at radius 2 is 1.18 bits per heavy atom. The van der Waals surface area contributed by atoms with Gasteiger partial charge in [0.1, 0.15) is 24.2 Å². The second-order valence-electron chi connectivity index (χ2n) is 10.2. The Kier molecular flexibility index (Phi) is 14.9. The number of aliphatic carboxylic acids is 4. The van der Waals surface area contributed by atoms with Gasteiger partial charge >= 0.3 is 23.9 Å².